The Labute approximate surface area is 204 Å². The molecule has 35 heavy (non-hydrogen) atoms. The van der Waals surface area contributed by atoms with Crippen molar-refractivity contribution in [3.05, 3.63) is 102 Å². The van der Waals surface area contributed by atoms with Crippen LogP contribution in [-0.2, 0) is 4.79 Å². The topological polar surface area (TPSA) is 67.3 Å². The predicted octanol–water partition coefficient (Wildman–Crippen LogP) is 5.74. The van der Waals surface area contributed by atoms with Crippen LogP contribution in [0.25, 0.3) is 22.0 Å². The zero-order chi connectivity index (χ0) is 24.2. The van der Waals surface area contributed by atoms with Crippen molar-refractivity contribution in [1.82, 2.24) is 9.88 Å². The number of benzene rings is 3. The number of amides is 1. The minimum atomic E-state index is -0.170. The third kappa shape index (κ3) is 4.76. The molecule has 1 aliphatic heterocycles. The van der Waals surface area contributed by atoms with Crippen LogP contribution in [0.2, 0.25) is 0 Å². The molecule has 1 atom stereocenters. The molecule has 1 aromatic heterocycles. The van der Waals surface area contributed by atoms with Crippen LogP contribution in [-0.4, -0.2) is 39.9 Å². The number of nitrogens with zero attached hydrogens (tertiary/aromatic N) is 2. The normalized spacial score (nSPS) is 15.8. The fourth-order valence-corrected chi connectivity index (χ4v) is 4.87. The molecular formula is C30H26N2O3. The van der Waals surface area contributed by atoms with Gasteiger partial charge in [0.15, 0.2) is 11.6 Å². The third-order valence-electron chi connectivity index (χ3n) is 6.68. The monoisotopic (exact) mass is 462 g/mol. The molecule has 1 amide bonds. The molecule has 0 aliphatic carbocycles. The van der Waals surface area contributed by atoms with Crippen molar-refractivity contribution in [3.63, 3.8) is 0 Å². The van der Waals surface area contributed by atoms with Crippen molar-refractivity contribution in [3.8, 4) is 11.1 Å². The minimum absolute atomic E-state index is 0.00304. The number of Topliss-reactive ketones (excluding diaryl/α,β-unsaturated/α-hetero) is 2. The summed E-state index contributed by atoms with van der Waals surface area (Å²) in [6, 6.07) is 26.5. The Morgan fingerprint density at radius 2 is 1.60 bits per heavy atom. The number of para-hydroxylation sites is 1. The summed E-state index contributed by atoms with van der Waals surface area (Å²) in [6.07, 6.45) is 3.49. The second kappa shape index (κ2) is 10.0. The lowest BCUT2D eigenvalue weighted by atomic mass is 9.92. The summed E-state index contributed by atoms with van der Waals surface area (Å²) in [7, 11) is 0. The van der Waals surface area contributed by atoms with Crippen molar-refractivity contribution in [2.24, 2.45) is 0 Å². The van der Waals surface area contributed by atoms with Gasteiger partial charge in [-0.3, -0.25) is 19.4 Å². The maximum Gasteiger partial charge on any atom is 0.255 e. The molecule has 0 spiro atoms. The van der Waals surface area contributed by atoms with E-state index >= 15 is 0 Å². The van der Waals surface area contributed by atoms with E-state index in [4.69, 9.17) is 0 Å². The van der Waals surface area contributed by atoms with Gasteiger partial charge in [-0.25, -0.2) is 0 Å². The predicted molar refractivity (Wildman–Crippen MR) is 136 cm³/mol. The van der Waals surface area contributed by atoms with Crippen molar-refractivity contribution in [2.45, 2.75) is 31.7 Å². The van der Waals surface area contributed by atoms with E-state index in [1.807, 2.05) is 78.9 Å². The van der Waals surface area contributed by atoms with Crippen LogP contribution < -0.4 is 0 Å². The van der Waals surface area contributed by atoms with Crippen LogP contribution in [0.5, 0.6) is 0 Å². The molecule has 1 aliphatic rings. The van der Waals surface area contributed by atoms with Crippen LogP contribution >= 0.6 is 0 Å². The molecule has 1 unspecified atom stereocenters. The van der Waals surface area contributed by atoms with Crippen molar-refractivity contribution >= 4 is 28.4 Å². The molecule has 0 saturated carbocycles. The van der Waals surface area contributed by atoms with Crippen LogP contribution in [0.4, 0.5) is 0 Å². The number of rotatable bonds is 6. The molecule has 0 bridgehead atoms. The Morgan fingerprint density at radius 1 is 0.857 bits per heavy atom. The molecular weight excluding hydrogens is 436 g/mol. The molecule has 5 heteroatoms. The molecule has 2 heterocycles. The summed E-state index contributed by atoms with van der Waals surface area (Å²) in [6.45, 7) is 0.0800. The summed E-state index contributed by atoms with van der Waals surface area (Å²) in [5, 5.41) is 0.927. The van der Waals surface area contributed by atoms with Crippen molar-refractivity contribution in [2.75, 3.05) is 6.54 Å². The van der Waals surface area contributed by atoms with E-state index < -0.39 is 0 Å². The van der Waals surface area contributed by atoms with E-state index in [1.54, 1.807) is 17.2 Å². The number of fused-ring (bicyclic) bond motifs is 1. The van der Waals surface area contributed by atoms with Crippen LogP contribution in [0, 0.1) is 0 Å². The molecule has 5 rings (SSSR count). The fraction of sp³-hybridized carbons (Fsp3) is 0.200. The van der Waals surface area contributed by atoms with E-state index in [9.17, 15) is 14.4 Å². The minimum Gasteiger partial charge on any atom is -0.328 e. The van der Waals surface area contributed by atoms with Gasteiger partial charge < -0.3 is 4.90 Å². The van der Waals surface area contributed by atoms with Gasteiger partial charge in [0.1, 0.15) is 0 Å². The average molecular weight is 463 g/mol. The van der Waals surface area contributed by atoms with Gasteiger partial charge in [0.25, 0.3) is 5.91 Å². The number of ketones is 2. The van der Waals surface area contributed by atoms with Crippen LogP contribution in [0.1, 0.15) is 46.4 Å². The summed E-state index contributed by atoms with van der Waals surface area (Å²) >= 11 is 0. The molecule has 5 nitrogen and oxygen atoms in total. The first-order chi connectivity index (χ1) is 17.1. The first-order valence-corrected chi connectivity index (χ1v) is 12.0. The molecule has 4 aromatic rings. The zero-order valence-corrected chi connectivity index (χ0v) is 19.4. The molecule has 174 valence electrons. The van der Waals surface area contributed by atoms with E-state index in [-0.39, 0.29) is 30.1 Å². The summed E-state index contributed by atoms with van der Waals surface area (Å²) in [4.78, 5) is 45.3. The lowest BCUT2D eigenvalue weighted by molar-refractivity contribution is -0.122. The van der Waals surface area contributed by atoms with E-state index in [0.717, 1.165) is 16.5 Å². The van der Waals surface area contributed by atoms with Gasteiger partial charge >= 0.3 is 0 Å². The molecule has 0 N–H and O–H groups in total. The quantitative estimate of drug-likeness (QED) is 0.343. The lowest BCUT2D eigenvalue weighted by Gasteiger charge is -2.35. The maximum atomic E-state index is 13.7. The summed E-state index contributed by atoms with van der Waals surface area (Å²) in [5.74, 6) is -0.110. The number of pyridine rings is 1. The highest BCUT2D eigenvalue weighted by molar-refractivity contribution is 6.07. The largest absolute Gasteiger partial charge is 0.328 e. The van der Waals surface area contributed by atoms with Gasteiger partial charge in [-0.05, 0) is 42.2 Å². The molecule has 1 saturated heterocycles. The number of hydrogen-bond acceptors (Lipinski definition) is 4. The van der Waals surface area contributed by atoms with E-state index in [2.05, 4.69) is 4.98 Å². The smallest absolute Gasteiger partial charge is 0.255 e. The Bertz CT molecular complexity index is 1390. The van der Waals surface area contributed by atoms with Crippen LogP contribution in [0.15, 0.2) is 91.1 Å². The van der Waals surface area contributed by atoms with Gasteiger partial charge in [-0.2, -0.15) is 0 Å². The Hall–Kier alpha value is -4.12. The van der Waals surface area contributed by atoms with Gasteiger partial charge in [-0.15, -0.1) is 0 Å². The fourth-order valence-electron chi connectivity index (χ4n) is 4.87. The molecule has 0 radical (unpaired) electrons. The first-order valence-electron chi connectivity index (χ1n) is 12.0. The Morgan fingerprint density at radius 3 is 2.46 bits per heavy atom. The van der Waals surface area contributed by atoms with Gasteiger partial charge in [0, 0.05) is 41.6 Å². The van der Waals surface area contributed by atoms with Crippen molar-refractivity contribution < 1.29 is 14.4 Å². The highest BCUT2D eigenvalue weighted by atomic mass is 16.2. The van der Waals surface area contributed by atoms with Crippen molar-refractivity contribution in [1.29, 1.82) is 0 Å². The van der Waals surface area contributed by atoms with E-state index in [0.29, 0.717) is 42.3 Å². The van der Waals surface area contributed by atoms with E-state index in [1.165, 1.54) is 0 Å². The highest BCUT2D eigenvalue weighted by Gasteiger charge is 2.32. The van der Waals surface area contributed by atoms with Gasteiger partial charge in [0.05, 0.1) is 12.1 Å². The summed E-state index contributed by atoms with van der Waals surface area (Å²) < 4.78 is 0. The number of hydrogen-bond donors (Lipinski definition) is 0. The molecule has 1 fully saturated rings. The SMILES string of the molecule is O=C1CCC(CCC(=O)c2cccc3cccnc23)N(C(=O)c2ccccc2-c2ccccc2)C1. The second-order valence-electron chi connectivity index (χ2n) is 8.92. The number of carbonyl (C=O) groups is 3. The number of carbonyl (C=O) groups excluding carboxylic acids is 3. The van der Waals surface area contributed by atoms with Gasteiger partial charge in [0.2, 0.25) is 0 Å². The number of aromatic nitrogens is 1. The second-order valence-corrected chi connectivity index (χ2v) is 8.92. The van der Waals surface area contributed by atoms with Gasteiger partial charge in [-0.1, -0.05) is 66.7 Å². The first kappa shape index (κ1) is 22.7. The lowest BCUT2D eigenvalue weighted by Crippen LogP contribution is -2.47. The standard InChI is InChI=1S/C30H26N2O3/c33-24-17-15-23(16-18-28(34)27-14-6-10-22-11-7-19-31-29(22)27)32(20-24)30(35)26-13-5-4-12-25(26)21-8-2-1-3-9-21/h1-14,19,23H,15-18,20H2. The highest BCUT2D eigenvalue weighted by Crippen LogP contribution is 2.28. The Balaban J connectivity index is 1.38. The molecule has 3 aromatic carbocycles. The maximum absolute atomic E-state index is 13.7. The Kier molecular flexibility index (Phi) is 6.49. The number of piperidine rings is 1. The third-order valence-corrected chi connectivity index (χ3v) is 6.68. The average Bonchev–Trinajstić information content (AvgIpc) is 2.92. The zero-order valence-electron chi connectivity index (χ0n) is 19.4. The number of likely N-dealkylation sites (tertiary alicyclic amines) is 1. The summed E-state index contributed by atoms with van der Waals surface area (Å²) in [5.41, 5.74) is 3.66. The van der Waals surface area contributed by atoms with Crippen LogP contribution in [0.3, 0.4) is 0 Å².